The van der Waals surface area contributed by atoms with Gasteiger partial charge in [-0.1, -0.05) is 6.07 Å². The Hall–Kier alpha value is -2.87. The Morgan fingerprint density at radius 1 is 1.12 bits per heavy atom. The lowest BCUT2D eigenvalue weighted by atomic mass is 10.1. The van der Waals surface area contributed by atoms with Crippen molar-refractivity contribution in [2.24, 2.45) is 0 Å². The molecule has 3 rings (SSSR count). The Bertz CT molecular complexity index is 953. The summed E-state index contributed by atoms with van der Waals surface area (Å²) in [5.74, 6) is -1.07. The SMILES string of the molecule is CN(C)c1ccc(NC(=O)c2cccc(N3C(=O)CCS3(=O)=O)c2)cc1. The molecule has 2 amide bonds. The van der Waals surface area contributed by atoms with Gasteiger partial charge in [0.05, 0.1) is 11.4 Å². The van der Waals surface area contributed by atoms with Crippen LogP contribution in [0.25, 0.3) is 0 Å². The van der Waals surface area contributed by atoms with Gasteiger partial charge in [0.25, 0.3) is 5.91 Å². The molecule has 0 bridgehead atoms. The van der Waals surface area contributed by atoms with E-state index in [1.807, 2.05) is 31.1 Å². The third kappa shape index (κ3) is 3.55. The van der Waals surface area contributed by atoms with Gasteiger partial charge in [-0.05, 0) is 42.5 Å². The van der Waals surface area contributed by atoms with E-state index in [0.29, 0.717) is 5.69 Å². The quantitative estimate of drug-likeness (QED) is 0.887. The van der Waals surface area contributed by atoms with Gasteiger partial charge >= 0.3 is 0 Å². The zero-order valence-corrected chi connectivity index (χ0v) is 15.3. The van der Waals surface area contributed by atoms with Crippen LogP contribution in [0.1, 0.15) is 16.8 Å². The van der Waals surface area contributed by atoms with Gasteiger partial charge in [-0.3, -0.25) is 9.59 Å². The van der Waals surface area contributed by atoms with Crippen molar-refractivity contribution in [1.82, 2.24) is 0 Å². The highest BCUT2D eigenvalue weighted by atomic mass is 32.2. The lowest BCUT2D eigenvalue weighted by molar-refractivity contribution is -0.116. The van der Waals surface area contributed by atoms with Crippen LogP contribution in [-0.2, 0) is 14.8 Å². The first kappa shape index (κ1) is 17.9. The highest BCUT2D eigenvalue weighted by molar-refractivity contribution is 7.94. The Morgan fingerprint density at radius 2 is 1.81 bits per heavy atom. The van der Waals surface area contributed by atoms with Gasteiger partial charge in [-0.25, -0.2) is 12.7 Å². The molecule has 7 nitrogen and oxygen atoms in total. The summed E-state index contributed by atoms with van der Waals surface area (Å²) < 4.78 is 24.8. The van der Waals surface area contributed by atoms with Gasteiger partial charge in [0, 0.05) is 37.5 Å². The predicted octanol–water partition coefficient (Wildman–Crippen LogP) is 2.07. The number of nitrogens with zero attached hydrogens (tertiary/aromatic N) is 2. The summed E-state index contributed by atoms with van der Waals surface area (Å²) in [6.45, 7) is 0. The van der Waals surface area contributed by atoms with Gasteiger partial charge in [0.1, 0.15) is 0 Å². The molecule has 0 unspecified atom stereocenters. The zero-order valence-electron chi connectivity index (χ0n) is 14.5. The maximum Gasteiger partial charge on any atom is 0.255 e. The minimum Gasteiger partial charge on any atom is -0.378 e. The summed E-state index contributed by atoms with van der Waals surface area (Å²) in [6, 6.07) is 13.4. The molecule has 0 saturated carbocycles. The Labute approximate surface area is 152 Å². The van der Waals surface area contributed by atoms with E-state index in [2.05, 4.69) is 5.32 Å². The van der Waals surface area contributed by atoms with Gasteiger partial charge in [-0.15, -0.1) is 0 Å². The van der Waals surface area contributed by atoms with Crippen molar-refractivity contribution in [1.29, 1.82) is 0 Å². The van der Waals surface area contributed by atoms with E-state index in [1.165, 1.54) is 12.1 Å². The molecule has 0 spiro atoms. The van der Waals surface area contributed by atoms with Crippen molar-refractivity contribution in [3.05, 3.63) is 54.1 Å². The fourth-order valence-electron chi connectivity index (χ4n) is 2.69. The number of sulfonamides is 1. The minimum atomic E-state index is -3.66. The lowest BCUT2D eigenvalue weighted by Crippen LogP contribution is -2.29. The second-order valence-corrected chi connectivity index (χ2v) is 8.11. The van der Waals surface area contributed by atoms with E-state index in [4.69, 9.17) is 0 Å². The van der Waals surface area contributed by atoms with E-state index >= 15 is 0 Å². The molecule has 1 fully saturated rings. The number of amides is 2. The van der Waals surface area contributed by atoms with Crippen molar-refractivity contribution in [3.8, 4) is 0 Å². The molecular weight excluding hydrogens is 354 g/mol. The van der Waals surface area contributed by atoms with E-state index in [9.17, 15) is 18.0 Å². The maximum atomic E-state index is 12.5. The number of hydrogen-bond donors (Lipinski definition) is 1. The molecule has 2 aromatic carbocycles. The molecule has 0 aromatic heterocycles. The van der Waals surface area contributed by atoms with Crippen molar-refractivity contribution < 1.29 is 18.0 Å². The van der Waals surface area contributed by atoms with Crippen molar-refractivity contribution in [2.75, 3.05) is 34.4 Å². The van der Waals surface area contributed by atoms with E-state index < -0.39 is 15.9 Å². The van der Waals surface area contributed by atoms with Crippen LogP contribution in [0.5, 0.6) is 0 Å². The number of benzene rings is 2. The highest BCUT2D eigenvalue weighted by Crippen LogP contribution is 2.26. The van der Waals surface area contributed by atoms with E-state index in [1.54, 1.807) is 24.3 Å². The molecule has 0 aliphatic carbocycles. The largest absolute Gasteiger partial charge is 0.378 e. The minimum absolute atomic E-state index is 0.0447. The van der Waals surface area contributed by atoms with Gasteiger partial charge < -0.3 is 10.2 Å². The topological polar surface area (TPSA) is 86.8 Å². The molecule has 0 atom stereocenters. The second kappa shape index (κ2) is 6.80. The first-order chi connectivity index (χ1) is 12.3. The molecule has 136 valence electrons. The monoisotopic (exact) mass is 373 g/mol. The van der Waals surface area contributed by atoms with Gasteiger partial charge in [-0.2, -0.15) is 0 Å². The summed E-state index contributed by atoms with van der Waals surface area (Å²) in [7, 11) is 0.191. The third-order valence-corrected chi connectivity index (χ3v) is 5.75. The van der Waals surface area contributed by atoms with Crippen molar-refractivity contribution >= 4 is 38.9 Å². The first-order valence-electron chi connectivity index (χ1n) is 8.02. The first-order valence-corrected chi connectivity index (χ1v) is 9.63. The molecule has 1 aliphatic heterocycles. The van der Waals surface area contributed by atoms with Crippen LogP contribution in [0.3, 0.4) is 0 Å². The molecular formula is C18H19N3O4S. The standard InChI is InChI=1S/C18H19N3O4S/c1-20(2)15-8-6-14(7-9-15)19-18(23)13-4-3-5-16(12-13)21-17(22)10-11-26(21,24)25/h3-9,12H,10-11H2,1-2H3,(H,19,23). The summed E-state index contributed by atoms with van der Waals surface area (Å²) in [6.07, 6.45) is -0.0447. The number of hydrogen-bond acceptors (Lipinski definition) is 5. The smallest absolute Gasteiger partial charge is 0.255 e. The number of nitrogens with one attached hydrogen (secondary N) is 1. The van der Waals surface area contributed by atoms with Gasteiger partial charge in [0.15, 0.2) is 0 Å². The molecule has 8 heteroatoms. The van der Waals surface area contributed by atoms with Crippen LogP contribution in [-0.4, -0.2) is 40.1 Å². The Balaban J connectivity index is 1.81. The van der Waals surface area contributed by atoms with Crippen molar-refractivity contribution in [2.45, 2.75) is 6.42 Å². The summed E-state index contributed by atoms with van der Waals surface area (Å²) in [5, 5.41) is 2.76. The number of anilines is 3. The summed E-state index contributed by atoms with van der Waals surface area (Å²) in [4.78, 5) is 26.3. The fourth-order valence-corrected chi connectivity index (χ4v) is 4.14. The molecule has 1 aliphatic rings. The van der Waals surface area contributed by atoms with Crippen LogP contribution < -0.4 is 14.5 Å². The average molecular weight is 373 g/mol. The zero-order chi connectivity index (χ0) is 18.9. The number of rotatable bonds is 4. The molecule has 0 radical (unpaired) electrons. The van der Waals surface area contributed by atoms with Crippen LogP contribution >= 0.6 is 0 Å². The molecule has 1 N–H and O–H groups in total. The van der Waals surface area contributed by atoms with E-state index in [-0.39, 0.29) is 29.3 Å². The Kier molecular flexibility index (Phi) is 4.69. The van der Waals surface area contributed by atoms with Crippen LogP contribution in [0.4, 0.5) is 17.1 Å². The molecule has 1 saturated heterocycles. The third-order valence-electron chi connectivity index (χ3n) is 4.06. The predicted molar refractivity (Wildman–Crippen MR) is 101 cm³/mol. The lowest BCUT2D eigenvalue weighted by Gasteiger charge is -2.16. The number of carbonyl (C=O) groups excluding carboxylic acids is 2. The molecule has 1 heterocycles. The molecule has 26 heavy (non-hydrogen) atoms. The van der Waals surface area contributed by atoms with Crippen molar-refractivity contribution in [3.63, 3.8) is 0 Å². The normalized spacial score (nSPS) is 15.8. The van der Waals surface area contributed by atoms with E-state index in [0.717, 1.165) is 9.99 Å². The number of carbonyl (C=O) groups is 2. The van der Waals surface area contributed by atoms with Gasteiger partial charge in [0.2, 0.25) is 15.9 Å². The maximum absolute atomic E-state index is 12.5. The Morgan fingerprint density at radius 3 is 2.38 bits per heavy atom. The average Bonchev–Trinajstić information content (AvgIpc) is 2.88. The van der Waals surface area contributed by atoms with Crippen LogP contribution in [0, 0.1) is 0 Å². The summed E-state index contributed by atoms with van der Waals surface area (Å²) in [5.41, 5.74) is 2.08. The highest BCUT2D eigenvalue weighted by Gasteiger charge is 2.36. The molecule has 2 aromatic rings. The van der Waals surface area contributed by atoms with Crippen LogP contribution in [0.15, 0.2) is 48.5 Å². The fraction of sp³-hybridized carbons (Fsp3) is 0.222. The second-order valence-electron chi connectivity index (χ2n) is 6.17. The van der Waals surface area contributed by atoms with Crippen LogP contribution in [0.2, 0.25) is 0 Å². The summed E-state index contributed by atoms with van der Waals surface area (Å²) >= 11 is 0.